The lowest BCUT2D eigenvalue weighted by atomic mass is 10.3. The number of anilines is 1. The topological polar surface area (TPSA) is 43.8 Å². The second-order valence-electron chi connectivity index (χ2n) is 3.10. The van der Waals surface area contributed by atoms with Crippen molar-refractivity contribution in [2.24, 2.45) is 7.05 Å². The Morgan fingerprint density at radius 3 is 2.93 bits per heavy atom. The molecule has 78 valence electrons. The van der Waals surface area contributed by atoms with Crippen molar-refractivity contribution in [1.82, 2.24) is 9.78 Å². The van der Waals surface area contributed by atoms with Gasteiger partial charge in [-0.3, -0.25) is 4.68 Å². The van der Waals surface area contributed by atoms with Crippen molar-refractivity contribution in [3.63, 3.8) is 0 Å². The third-order valence-corrected chi connectivity index (χ3v) is 3.27. The molecule has 0 spiro atoms. The second-order valence-corrected chi connectivity index (χ2v) is 4.63. The summed E-state index contributed by atoms with van der Waals surface area (Å²) in [5.74, 6) is 0. The van der Waals surface area contributed by atoms with Crippen LogP contribution in [0, 0.1) is 0 Å². The van der Waals surface area contributed by atoms with Gasteiger partial charge in [-0.25, -0.2) is 0 Å². The minimum Gasteiger partial charge on any atom is -0.397 e. The number of hydrogen-bond donors (Lipinski definition) is 1. The maximum Gasteiger partial charge on any atom is 0.0647 e. The van der Waals surface area contributed by atoms with Crippen LogP contribution < -0.4 is 5.73 Å². The molecule has 2 N–H and O–H groups in total. The molecule has 3 nitrogen and oxygen atoms in total. The van der Waals surface area contributed by atoms with E-state index in [2.05, 4.69) is 5.10 Å². The molecular weight excluding hydrogens is 230 g/mol. The number of nitrogen functional groups attached to an aromatic ring is 1. The number of nitrogens with two attached hydrogens (primary N) is 1. The highest BCUT2D eigenvalue weighted by molar-refractivity contribution is 7.99. The quantitative estimate of drug-likeness (QED) is 0.820. The molecule has 5 heteroatoms. The number of benzene rings is 1. The zero-order valence-corrected chi connectivity index (χ0v) is 9.72. The summed E-state index contributed by atoms with van der Waals surface area (Å²) in [5.41, 5.74) is 6.48. The molecule has 0 aliphatic heterocycles. The molecule has 0 amide bonds. The molecule has 0 bridgehead atoms. The maximum atomic E-state index is 5.93. The van der Waals surface area contributed by atoms with E-state index in [4.69, 9.17) is 17.3 Å². The Labute approximate surface area is 97.2 Å². The molecule has 2 rings (SSSR count). The summed E-state index contributed by atoms with van der Waals surface area (Å²) < 4.78 is 1.75. The molecule has 0 unspecified atom stereocenters. The van der Waals surface area contributed by atoms with Gasteiger partial charge in [-0.1, -0.05) is 29.4 Å². The van der Waals surface area contributed by atoms with E-state index in [1.54, 1.807) is 28.7 Å². The third kappa shape index (κ3) is 2.27. The van der Waals surface area contributed by atoms with Crippen LogP contribution in [0.4, 0.5) is 5.69 Å². The Hall–Kier alpha value is -1.13. The first-order valence-electron chi connectivity index (χ1n) is 4.37. The molecule has 1 aromatic heterocycles. The number of hydrogen-bond acceptors (Lipinski definition) is 3. The smallest absolute Gasteiger partial charge is 0.0647 e. The number of aryl methyl sites for hydroxylation is 1. The molecule has 0 aliphatic carbocycles. The van der Waals surface area contributed by atoms with Crippen molar-refractivity contribution in [1.29, 1.82) is 0 Å². The molecule has 0 fully saturated rings. The fraction of sp³-hybridized carbons (Fsp3) is 0.100. The molecule has 0 aliphatic rings. The van der Waals surface area contributed by atoms with E-state index in [1.807, 2.05) is 25.4 Å². The minimum absolute atomic E-state index is 0.587. The molecule has 15 heavy (non-hydrogen) atoms. The van der Waals surface area contributed by atoms with Crippen LogP contribution in [0.2, 0.25) is 5.02 Å². The van der Waals surface area contributed by atoms with Crippen molar-refractivity contribution >= 4 is 29.1 Å². The first-order valence-corrected chi connectivity index (χ1v) is 5.57. The summed E-state index contributed by atoms with van der Waals surface area (Å²) in [6.07, 6.45) is 3.73. The van der Waals surface area contributed by atoms with E-state index in [0.717, 1.165) is 9.79 Å². The lowest BCUT2D eigenvalue weighted by molar-refractivity contribution is 0.766. The van der Waals surface area contributed by atoms with E-state index in [9.17, 15) is 0 Å². The first-order chi connectivity index (χ1) is 7.16. The van der Waals surface area contributed by atoms with Crippen molar-refractivity contribution in [2.45, 2.75) is 9.79 Å². The Kier molecular flexibility index (Phi) is 2.88. The van der Waals surface area contributed by atoms with Gasteiger partial charge in [-0.2, -0.15) is 5.10 Å². The van der Waals surface area contributed by atoms with Gasteiger partial charge in [-0.05, 0) is 12.1 Å². The predicted octanol–water partition coefficient (Wildman–Crippen LogP) is 2.81. The Balaban J connectivity index is 2.28. The van der Waals surface area contributed by atoms with Gasteiger partial charge in [-0.15, -0.1) is 0 Å². The van der Waals surface area contributed by atoms with Crippen LogP contribution >= 0.6 is 23.4 Å². The minimum atomic E-state index is 0.587. The SMILES string of the molecule is Cn1cc(Sc2cccc(Cl)c2N)cn1. The molecule has 0 atom stereocenters. The van der Waals surface area contributed by atoms with Crippen molar-refractivity contribution in [3.8, 4) is 0 Å². The van der Waals surface area contributed by atoms with E-state index in [-0.39, 0.29) is 0 Å². The van der Waals surface area contributed by atoms with Crippen molar-refractivity contribution in [2.75, 3.05) is 5.73 Å². The van der Waals surface area contributed by atoms with E-state index >= 15 is 0 Å². The van der Waals surface area contributed by atoms with E-state index < -0.39 is 0 Å². The highest BCUT2D eigenvalue weighted by Gasteiger charge is 2.05. The maximum absolute atomic E-state index is 5.93. The average molecular weight is 240 g/mol. The summed E-state index contributed by atoms with van der Waals surface area (Å²) in [4.78, 5) is 2.00. The highest BCUT2D eigenvalue weighted by Crippen LogP contribution is 2.35. The third-order valence-electron chi connectivity index (χ3n) is 1.92. The van der Waals surface area contributed by atoms with Gasteiger partial charge < -0.3 is 5.73 Å². The summed E-state index contributed by atoms with van der Waals surface area (Å²) in [5, 5.41) is 4.67. The van der Waals surface area contributed by atoms with Gasteiger partial charge >= 0.3 is 0 Å². The molecule has 0 saturated carbocycles. The fourth-order valence-electron chi connectivity index (χ4n) is 1.18. The zero-order valence-electron chi connectivity index (χ0n) is 8.14. The van der Waals surface area contributed by atoms with Crippen LogP contribution in [0.3, 0.4) is 0 Å². The number of halogens is 1. The van der Waals surface area contributed by atoms with Crippen LogP contribution in [0.1, 0.15) is 0 Å². The van der Waals surface area contributed by atoms with Crippen LogP contribution in [-0.4, -0.2) is 9.78 Å². The van der Waals surface area contributed by atoms with Crippen LogP contribution in [0.15, 0.2) is 40.4 Å². The standard InChI is InChI=1S/C10H10ClN3S/c1-14-6-7(5-13-14)15-9-4-2-3-8(11)10(9)12/h2-6H,12H2,1H3. The van der Waals surface area contributed by atoms with Gasteiger partial charge in [0.2, 0.25) is 0 Å². The van der Waals surface area contributed by atoms with Gasteiger partial charge in [0, 0.05) is 18.1 Å². The Morgan fingerprint density at radius 1 is 1.47 bits per heavy atom. The lowest BCUT2D eigenvalue weighted by Crippen LogP contribution is -1.88. The monoisotopic (exact) mass is 239 g/mol. The molecule has 0 radical (unpaired) electrons. The first kappa shape index (κ1) is 10.4. The number of rotatable bonds is 2. The predicted molar refractivity (Wildman–Crippen MR) is 63.2 cm³/mol. The largest absolute Gasteiger partial charge is 0.397 e. The molecule has 0 saturated heterocycles. The Bertz CT molecular complexity index is 481. The average Bonchev–Trinajstić information content (AvgIpc) is 2.59. The highest BCUT2D eigenvalue weighted by atomic mass is 35.5. The number of para-hydroxylation sites is 1. The number of aromatic nitrogens is 2. The Morgan fingerprint density at radius 2 is 2.27 bits per heavy atom. The fourth-order valence-corrected chi connectivity index (χ4v) is 2.34. The van der Waals surface area contributed by atoms with Gasteiger partial charge in [0.25, 0.3) is 0 Å². The van der Waals surface area contributed by atoms with Crippen LogP contribution in [0.25, 0.3) is 0 Å². The lowest BCUT2D eigenvalue weighted by Gasteiger charge is -2.04. The van der Waals surface area contributed by atoms with Gasteiger partial charge in [0.15, 0.2) is 0 Å². The molecule has 1 heterocycles. The summed E-state index contributed by atoms with van der Waals surface area (Å²) in [7, 11) is 1.88. The summed E-state index contributed by atoms with van der Waals surface area (Å²) in [6, 6.07) is 5.61. The molecule has 2 aromatic rings. The van der Waals surface area contributed by atoms with Crippen molar-refractivity contribution in [3.05, 3.63) is 35.6 Å². The zero-order chi connectivity index (χ0) is 10.8. The molecular formula is C10H10ClN3S. The van der Waals surface area contributed by atoms with Crippen LogP contribution in [-0.2, 0) is 7.05 Å². The van der Waals surface area contributed by atoms with Crippen LogP contribution in [0.5, 0.6) is 0 Å². The second kappa shape index (κ2) is 4.16. The van der Waals surface area contributed by atoms with Gasteiger partial charge in [0.05, 0.1) is 21.8 Å². The number of nitrogens with zero attached hydrogens (tertiary/aromatic N) is 2. The van der Waals surface area contributed by atoms with E-state index in [0.29, 0.717) is 10.7 Å². The molecule has 1 aromatic carbocycles. The summed E-state index contributed by atoms with van der Waals surface area (Å²) in [6.45, 7) is 0. The van der Waals surface area contributed by atoms with Crippen molar-refractivity contribution < 1.29 is 0 Å². The normalized spacial score (nSPS) is 10.5. The summed E-state index contributed by atoms with van der Waals surface area (Å²) >= 11 is 7.48. The van der Waals surface area contributed by atoms with Gasteiger partial charge in [0.1, 0.15) is 0 Å². The van der Waals surface area contributed by atoms with E-state index in [1.165, 1.54) is 0 Å².